The highest BCUT2D eigenvalue weighted by molar-refractivity contribution is 5.96. The minimum absolute atomic E-state index is 0.192. The fraction of sp³-hybridized carbons (Fsp3) is 0.650. The second-order valence-electron chi connectivity index (χ2n) is 8.45. The van der Waals surface area contributed by atoms with Crippen LogP contribution in [0.2, 0.25) is 0 Å². The van der Waals surface area contributed by atoms with Crippen molar-refractivity contribution in [3.8, 4) is 0 Å². The average Bonchev–Trinajstić information content (AvgIpc) is 2.39. The third-order valence-electron chi connectivity index (χ3n) is 5.87. The van der Waals surface area contributed by atoms with Crippen LogP contribution in [-0.2, 0) is 10.8 Å². The van der Waals surface area contributed by atoms with E-state index in [9.17, 15) is 4.79 Å². The fourth-order valence-electron chi connectivity index (χ4n) is 3.84. The Morgan fingerprint density at radius 1 is 1.05 bits per heavy atom. The maximum atomic E-state index is 12.5. The molecule has 0 unspecified atom stereocenters. The predicted molar refractivity (Wildman–Crippen MR) is 88.0 cm³/mol. The van der Waals surface area contributed by atoms with E-state index < -0.39 is 0 Å². The first kappa shape index (κ1) is 14.8. The number of rotatable bonds is 3. The van der Waals surface area contributed by atoms with Gasteiger partial charge in [-0.25, -0.2) is 0 Å². The van der Waals surface area contributed by atoms with Gasteiger partial charge in [-0.3, -0.25) is 4.79 Å². The van der Waals surface area contributed by atoms with Crippen LogP contribution in [0.4, 0.5) is 0 Å². The molecule has 0 atom stereocenters. The summed E-state index contributed by atoms with van der Waals surface area (Å²) in [5, 5.41) is 0. The van der Waals surface area contributed by atoms with Gasteiger partial charge in [0.25, 0.3) is 0 Å². The van der Waals surface area contributed by atoms with Crippen molar-refractivity contribution in [2.75, 3.05) is 0 Å². The van der Waals surface area contributed by atoms with Gasteiger partial charge in [0, 0.05) is 12.0 Å². The molecule has 0 heterocycles. The van der Waals surface area contributed by atoms with Crippen LogP contribution in [0.3, 0.4) is 0 Å². The molecule has 1 heteroatoms. The Morgan fingerprint density at radius 2 is 1.67 bits per heavy atom. The molecule has 21 heavy (non-hydrogen) atoms. The number of ketones is 1. The molecule has 114 valence electrons. The number of hydrogen-bond donors (Lipinski definition) is 0. The Balaban J connectivity index is 1.93. The zero-order chi connectivity index (χ0) is 15.3. The van der Waals surface area contributed by atoms with Crippen LogP contribution in [0.1, 0.15) is 87.7 Å². The highest BCUT2D eigenvalue weighted by Gasteiger charge is 2.37. The first-order chi connectivity index (χ1) is 9.79. The Labute approximate surface area is 129 Å². The smallest absolute Gasteiger partial charge is 0.163 e. The van der Waals surface area contributed by atoms with Crippen molar-refractivity contribution in [1.82, 2.24) is 0 Å². The lowest BCUT2D eigenvalue weighted by molar-refractivity contribution is 0.0936. The van der Waals surface area contributed by atoms with Crippen LogP contribution < -0.4 is 0 Å². The standard InChI is InChI=1S/C20H28O/c1-19(2)10-11-20(3,4)17-13-15(8-9-16(17)19)18(21)12-14-6-5-7-14/h8-9,13-14H,5-7,10-12H2,1-4H3. The molecule has 0 radical (unpaired) electrons. The fourth-order valence-corrected chi connectivity index (χ4v) is 3.84. The first-order valence-electron chi connectivity index (χ1n) is 8.48. The molecule has 0 aromatic heterocycles. The van der Waals surface area contributed by atoms with Crippen molar-refractivity contribution in [2.24, 2.45) is 5.92 Å². The summed E-state index contributed by atoms with van der Waals surface area (Å²) in [6.07, 6.45) is 6.98. The average molecular weight is 284 g/mol. The molecule has 1 nitrogen and oxygen atoms in total. The van der Waals surface area contributed by atoms with Gasteiger partial charge in [0.2, 0.25) is 0 Å². The van der Waals surface area contributed by atoms with Crippen molar-refractivity contribution < 1.29 is 4.79 Å². The van der Waals surface area contributed by atoms with Gasteiger partial charge < -0.3 is 0 Å². The summed E-state index contributed by atoms with van der Waals surface area (Å²) in [4.78, 5) is 12.5. The number of hydrogen-bond acceptors (Lipinski definition) is 1. The number of fused-ring (bicyclic) bond motifs is 1. The zero-order valence-electron chi connectivity index (χ0n) is 14.0. The van der Waals surface area contributed by atoms with E-state index in [1.807, 2.05) is 0 Å². The van der Waals surface area contributed by atoms with Crippen LogP contribution in [0.5, 0.6) is 0 Å². The molecule has 1 aromatic carbocycles. The lowest BCUT2D eigenvalue weighted by Crippen LogP contribution is -2.34. The van der Waals surface area contributed by atoms with Crippen molar-refractivity contribution in [1.29, 1.82) is 0 Å². The molecule has 3 rings (SSSR count). The Hall–Kier alpha value is -1.11. The van der Waals surface area contributed by atoms with Crippen molar-refractivity contribution in [3.05, 3.63) is 34.9 Å². The van der Waals surface area contributed by atoms with E-state index >= 15 is 0 Å². The van der Waals surface area contributed by atoms with E-state index in [-0.39, 0.29) is 10.8 Å². The quantitative estimate of drug-likeness (QED) is 0.678. The lowest BCUT2D eigenvalue weighted by Gasteiger charge is -2.42. The van der Waals surface area contributed by atoms with E-state index in [4.69, 9.17) is 0 Å². The van der Waals surface area contributed by atoms with Crippen LogP contribution in [0, 0.1) is 5.92 Å². The van der Waals surface area contributed by atoms with Crippen LogP contribution >= 0.6 is 0 Å². The Morgan fingerprint density at radius 3 is 2.24 bits per heavy atom. The predicted octanol–water partition coefficient (Wildman–Crippen LogP) is 5.41. The van der Waals surface area contributed by atoms with E-state index in [0.717, 1.165) is 12.0 Å². The van der Waals surface area contributed by atoms with Crippen molar-refractivity contribution in [3.63, 3.8) is 0 Å². The van der Waals surface area contributed by atoms with Gasteiger partial charge in [0.05, 0.1) is 0 Å². The number of carbonyl (C=O) groups is 1. The molecule has 0 amide bonds. The molecule has 0 bridgehead atoms. The van der Waals surface area contributed by atoms with Gasteiger partial charge in [-0.2, -0.15) is 0 Å². The van der Waals surface area contributed by atoms with Crippen LogP contribution in [0.15, 0.2) is 18.2 Å². The third kappa shape index (κ3) is 2.67. The normalized spacial score (nSPS) is 23.2. The summed E-state index contributed by atoms with van der Waals surface area (Å²) in [5.74, 6) is 1.000. The molecule has 1 saturated carbocycles. The molecule has 0 N–H and O–H groups in total. The van der Waals surface area contributed by atoms with Gasteiger partial charge in [0.15, 0.2) is 5.78 Å². The summed E-state index contributed by atoms with van der Waals surface area (Å²) in [7, 11) is 0. The first-order valence-corrected chi connectivity index (χ1v) is 8.48. The van der Waals surface area contributed by atoms with Gasteiger partial charge in [0.1, 0.15) is 0 Å². The molecular formula is C20H28O. The van der Waals surface area contributed by atoms with Crippen LogP contribution in [0.25, 0.3) is 0 Å². The Kier molecular flexibility index (Phi) is 3.50. The molecule has 0 spiro atoms. The topological polar surface area (TPSA) is 17.1 Å². The molecule has 0 aliphatic heterocycles. The SMILES string of the molecule is CC1(C)CCC(C)(C)c2cc(C(=O)CC3CCC3)ccc21. The summed E-state index contributed by atoms with van der Waals surface area (Å²) in [6, 6.07) is 6.50. The van der Waals surface area contributed by atoms with E-state index in [2.05, 4.69) is 45.9 Å². The van der Waals surface area contributed by atoms with E-state index in [1.165, 1.54) is 43.2 Å². The summed E-state index contributed by atoms with van der Waals surface area (Å²) in [5.41, 5.74) is 4.21. The minimum atomic E-state index is 0.192. The van der Waals surface area contributed by atoms with Gasteiger partial charge in [-0.15, -0.1) is 0 Å². The maximum Gasteiger partial charge on any atom is 0.163 e. The molecule has 1 fully saturated rings. The van der Waals surface area contributed by atoms with Gasteiger partial charge in [-0.1, -0.05) is 59.1 Å². The highest BCUT2D eigenvalue weighted by atomic mass is 16.1. The molecule has 1 aromatic rings. The second kappa shape index (κ2) is 4.97. The number of benzene rings is 1. The van der Waals surface area contributed by atoms with Crippen molar-refractivity contribution in [2.45, 2.75) is 77.0 Å². The highest BCUT2D eigenvalue weighted by Crippen LogP contribution is 2.46. The summed E-state index contributed by atoms with van der Waals surface area (Å²) in [6.45, 7) is 9.30. The van der Waals surface area contributed by atoms with Crippen LogP contribution in [-0.4, -0.2) is 5.78 Å². The molecule has 2 aliphatic carbocycles. The lowest BCUT2D eigenvalue weighted by atomic mass is 9.63. The largest absolute Gasteiger partial charge is 0.294 e. The maximum absolute atomic E-state index is 12.5. The van der Waals surface area contributed by atoms with Gasteiger partial charge in [-0.05, 0) is 46.8 Å². The Bertz CT molecular complexity index is 561. The van der Waals surface area contributed by atoms with E-state index in [0.29, 0.717) is 11.7 Å². The summed E-state index contributed by atoms with van der Waals surface area (Å²) >= 11 is 0. The molecule has 0 saturated heterocycles. The van der Waals surface area contributed by atoms with E-state index in [1.54, 1.807) is 0 Å². The number of Topliss-reactive ketones (excluding diaryl/α,β-unsaturated/α-hetero) is 1. The molecular weight excluding hydrogens is 256 g/mol. The molecule has 2 aliphatic rings. The third-order valence-corrected chi connectivity index (χ3v) is 5.87. The van der Waals surface area contributed by atoms with Gasteiger partial charge >= 0.3 is 0 Å². The minimum Gasteiger partial charge on any atom is -0.294 e. The zero-order valence-corrected chi connectivity index (χ0v) is 14.0. The summed E-state index contributed by atoms with van der Waals surface area (Å²) < 4.78 is 0. The second-order valence-corrected chi connectivity index (χ2v) is 8.45. The number of carbonyl (C=O) groups excluding carboxylic acids is 1. The van der Waals surface area contributed by atoms with Crippen molar-refractivity contribution >= 4 is 5.78 Å². The monoisotopic (exact) mass is 284 g/mol.